The molecule has 1 aromatic carbocycles. The van der Waals surface area contributed by atoms with Gasteiger partial charge in [0, 0.05) is 12.2 Å². The summed E-state index contributed by atoms with van der Waals surface area (Å²) in [6, 6.07) is 7.25. The Balaban J connectivity index is 2.10. The van der Waals surface area contributed by atoms with Crippen molar-refractivity contribution in [3.63, 3.8) is 0 Å². The van der Waals surface area contributed by atoms with Gasteiger partial charge in [0.2, 0.25) is 0 Å². The molecule has 94 valence electrons. The van der Waals surface area contributed by atoms with Gasteiger partial charge in [0.25, 0.3) is 5.91 Å². The molecule has 2 N–H and O–H groups in total. The van der Waals surface area contributed by atoms with E-state index in [9.17, 15) is 4.79 Å². The maximum Gasteiger partial charge on any atom is 0.253 e. The quantitative estimate of drug-likeness (QED) is 0.768. The van der Waals surface area contributed by atoms with E-state index in [1.165, 1.54) is 0 Å². The van der Waals surface area contributed by atoms with E-state index < -0.39 is 0 Å². The minimum absolute atomic E-state index is 0.134. The second-order valence-corrected chi connectivity index (χ2v) is 4.00. The van der Waals surface area contributed by atoms with Crippen LogP contribution in [0.2, 0.25) is 0 Å². The highest BCUT2D eigenvalue weighted by Crippen LogP contribution is 2.17. The fraction of sp³-hybridized carbons (Fsp3) is 0.357. The third-order valence-electron chi connectivity index (χ3n) is 2.71. The molecule has 1 aliphatic heterocycles. The zero-order valence-electron chi connectivity index (χ0n) is 9.98. The van der Waals surface area contributed by atoms with Gasteiger partial charge in [-0.15, -0.1) is 0 Å². The molecule has 1 unspecified atom stereocenters. The number of rotatable bonds is 2. The summed E-state index contributed by atoms with van der Waals surface area (Å²) in [7, 11) is 0. The lowest BCUT2D eigenvalue weighted by molar-refractivity contribution is -0.124. The number of aliphatic hydroxyl groups excluding tert-OH is 1. The monoisotopic (exact) mass is 245 g/mol. The van der Waals surface area contributed by atoms with Crippen LogP contribution in [0, 0.1) is 11.8 Å². The first-order chi connectivity index (χ1) is 8.81. The van der Waals surface area contributed by atoms with Crippen molar-refractivity contribution in [1.82, 2.24) is 0 Å². The molecule has 1 amide bonds. The number of ether oxygens (including phenoxy) is 1. The molecule has 1 aliphatic rings. The van der Waals surface area contributed by atoms with Crippen LogP contribution in [0.15, 0.2) is 24.3 Å². The summed E-state index contributed by atoms with van der Waals surface area (Å²) in [6.07, 6.45) is 1.32. The number of para-hydroxylation sites is 1. The van der Waals surface area contributed by atoms with E-state index in [0.717, 1.165) is 12.8 Å². The maximum atomic E-state index is 11.9. The molecule has 0 bridgehead atoms. The van der Waals surface area contributed by atoms with Crippen LogP contribution in [0.25, 0.3) is 0 Å². The highest BCUT2D eigenvalue weighted by Gasteiger charge is 2.23. The van der Waals surface area contributed by atoms with E-state index in [1.807, 2.05) is 12.1 Å². The van der Waals surface area contributed by atoms with Crippen LogP contribution >= 0.6 is 0 Å². The Labute approximate surface area is 106 Å². The highest BCUT2D eigenvalue weighted by molar-refractivity contribution is 5.95. The molecule has 2 rings (SSSR count). The van der Waals surface area contributed by atoms with E-state index >= 15 is 0 Å². The SMILES string of the molecule is O=C(Nc1ccccc1C#CCO)C1CCCO1. The van der Waals surface area contributed by atoms with Crippen LogP contribution in [0.1, 0.15) is 18.4 Å². The lowest BCUT2D eigenvalue weighted by Gasteiger charge is -2.11. The fourth-order valence-corrected chi connectivity index (χ4v) is 1.83. The van der Waals surface area contributed by atoms with Crippen LogP contribution in [-0.2, 0) is 9.53 Å². The maximum absolute atomic E-state index is 11.9. The molecule has 1 atom stereocenters. The molecule has 18 heavy (non-hydrogen) atoms. The summed E-state index contributed by atoms with van der Waals surface area (Å²) < 4.78 is 5.32. The summed E-state index contributed by atoms with van der Waals surface area (Å²) in [6.45, 7) is 0.443. The summed E-state index contributed by atoms with van der Waals surface area (Å²) in [4.78, 5) is 11.9. The molecular formula is C14H15NO3. The zero-order chi connectivity index (χ0) is 12.8. The Bertz CT molecular complexity index is 481. The third kappa shape index (κ3) is 3.10. The number of aliphatic hydroxyl groups is 1. The molecule has 0 aromatic heterocycles. The number of carbonyl (C=O) groups is 1. The predicted molar refractivity (Wildman–Crippen MR) is 68.0 cm³/mol. The summed E-state index contributed by atoms with van der Waals surface area (Å²) in [5, 5.41) is 11.5. The van der Waals surface area contributed by atoms with Crippen molar-refractivity contribution in [2.24, 2.45) is 0 Å². The fourth-order valence-electron chi connectivity index (χ4n) is 1.83. The van der Waals surface area contributed by atoms with Crippen LogP contribution in [-0.4, -0.2) is 30.3 Å². The van der Waals surface area contributed by atoms with Gasteiger partial charge in [0.05, 0.1) is 5.69 Å². The molecule has 4 heteroatoms. The van der Waals surface area contributed by atoms with E-state index in [0.29, 0.717) is 17.9 Å². The zero-order valence-corrected chi connectivity index (χ0v) is 9.98. The Morgan fingerprint density at radius 1 is 1.50 bits per heavy atom. The van der Waals surface area contributed by atoms with E-state index in [2.05, 4.69) is 17.2 Å². The molecule has 4 nitrogen and oxygen atoms in total. The van der Waals surface area contributed by atoms with Gasteiger partial charge in [-0.2, -0.15) is 0 Å². The van der Waals surface area contributed by atoms with Crippen molar-refractivity contribution in [3.05, 3.63) is 29.8 Å². The molecule has 1 fully saturated rings. The highest BCUT2D eigenvalue weighted by atomic mass is 16.5. The molecule has 1 saturated heterocycles. The summed E-state index contributed by atoms with van der Waals surface area (Å²) in [5.74, 6) is 5.24. The van der Waals surface area contributed by atoms with Crippen LogP contribution in [0.3, 0.4) is 0 Å². The van der Waals surface area contributed by atoms with Crippen molar-refractivity contribution in [2.75, 3.05) is 18.5 Å². The molecule has 0 spiro atoms. The number of amides is 1. The molecule has 0 radical (unpaired) electrons. The van der Waals surface area contributed by atoms with Gasteiger partial charge in [-0.1, -0.05) is 24.0 Å². The van der Waals surface area contributed by atoms with Gasteiger partial charge in [-0.3, -0.25) is 4.79 Å². The Kier molecular flexibility index (Phi) is 4.35. The molecule has 0 aliphatic carbocycles. The number of hydrogen-bond acceptors (Lipinski definition) is 3. The number of benzene rings is 1. The third-order valence-corrected chi connectivity index (χ3v) is 2.71. The van der Waals surface area contributed by atoms with Gasteiger partial charge in [0.1, 0.15) is 12.7 Å². The second-order valence-electron chi connectivity index (χ2n) is 4.00. The first-order valence-electron chi connectivity index (χ1n) is 5.92. The minimum Gasteiger partial charge on any atom is -0.384 e. The molecule has 0 saturated carbocycles. The van der Waals surface area contributed by atoms with E-state index in [-0.39, 0.29) is 18.6 Å². The minimum atomic E-state index is -0.358. The number of anilines is 1. The van der Waals surface area contributed by atoms with Crippen LogP contribution < -0.4 is 5.32 Å². The van der Waals surface area contributed by atoms with Crippen molar-refractivity contribution >= 4 is 11.6 Å². The van der Waals surface area contributed by atoms with E-state index in [4.69, 9.17) is 9.84 Å². The Morgan fingerprint density at radius 2 is 2.33 bits per heavy atom. The lowest BCUT2D eigenvalue weighted by Crippen LogP contribution is -2.27. The van der Waals surface area contributed by atoms with Crippen LogP contribution in [0.5, 0.6) is 0 Å². The largest absolute Gasteiger partial charge is 0.384 e. The van der Waals surface area contributed by atoms with Gasteiger partial charge < -0.3 is 15.2 Å². The van der Waals surface area contributed by atoms with Gasteiger partial charge in [-0.25, -0.2) is 0 Å². The Morgan fingerprint density at radius 3 is 3.06 bits per heavy atom. The first-order valence-corrected chi connectivity index (χ1v) is 5.92. The van der Waals surface area contributed by atoms with Gasteiger partial charge in [0.15, 0.2) is 0 Å². The lowest BCUT2D eigenvalue weighted by atomic mass is 10.1. The number of nitrogens with one attached hydrogen (secondary N) is 1. The van der Waals surface area contributed by atoms with Gasteiger partial charge in [-0.05, 0) is 25.0 Å². The average molecular weight is 245 g/mol. The summed E-state index contributed by atoms with van der Waals surface area (Å²) >= 11 is 0. The first kappa shape index (κ1) is 12.6. The average Bonchev–Trinajstić information content (AvgIpc) is 2.91. The molecule has 1 aromatic rings. The van der Waals surface area contributed by atoms with Crippen molar-refractivity contribution in [1.29, 1.82) is 0 Å². The summed E-state index contributed by atoms with van der Waals surface area (Å²) in [5.41, 5.74) is 1.34. The predicted octanol–water partition coefficient (Wildman–Crippen LogP) is 1.15. The van der Waals surface area contributed by atoms with Crippen molar-refractivity contribution in [3.8, 4) is 11.8 Å². The number of carbonyl (C=O) groups excluding carboxylic acids is 1. The van der Waals surface area contributed by atoms with Crippen molar-refractivity contribution in [2.45, 2.75) is 18.9 Å². The molecular weight excluding hydrogens is 230 g/mol. The van der Waals surface area contributed by atoms with Crippen molar-refractivity contribution < 1.29 is 14.6 Å². The standard InChI is InChI=1S/C14H15NO3/c16-9-3-6-11-5-1-2-7-12(11)15-14(17)13-8-4-10-18-13/h1-2,5,7,13,16H,4,8-10H2,(H,15,17). The molecule has 1 heterocycles. The smallest absolute Gasteiger partial charge is 0.253 e. The van der Waals surface area contributed by atoms with Gasteiger partial charge >= 0.3 is 0 Å². The normalized spacial score (nSPS) is 17.9. The van der Waals surface area contributed by atoms with Crippen LogP contribution in [0.4, 0.5) is 5.69 Å². The Hall–Kier alpha value is -1.83. The number of hydrogen-bond donors (Lipinski definition) is 2. The second kappa shape index (κ2) is 6.20. The van der Waals surface area contributed by atoms with E-state index in [1.54, 1.807) is 12.1 Å². The topological polar surface area (TPSA) is 58.6 Å².